The van der Waals surface area contributed by atoms with Gasteiger partial charge >= 0.3 is 5.97 Å². The van der Waals surface area contributed by atoms with E-state index in [9.17, 15) is 4.79 Å². The van der Waals surface area contributed by atoms with Gasteiger partial charge in [-0.15, -0.1) is 0 Å². The fraction of sp³-hybridized carbons (Fsp3) is 0.200. The van der Waals surface area contributed by atoms with E-state index < -0.39 is 5.97 Å². The van der Waals surface area contributed by atoms with Gasteiger partial charge in [-0.1, -0.05) is 18.2 Å². The second-order valence-electron chi connectivity index (χ2n) is 4.51. The van der Waals surface area contributed by atoms with Gasteiger partial charge in [-0.25, -0.2) is 14.8 Å². The smallest absolute Gasteiger partial charge is 0.335 e. The summed E-state index contributed by atoms with van der Waals surface area (Å²) in [5.41, 5.74) is 1.36. The summed E-state index contributed by atoms with van der Waals surface area (Å²) in [7, 11) is 1.85. The van der Waals surface area contributed by atoms with Crippen molar-refractivity contribution in [1.29, 1.82) is 5.26 Å². The third kappa shape index (κ3) is 3.54. The minimum Gasteiger partial charge on any atom is -0.478 e. The standard InChI is InChI=1S/C15H14N4O2/c1-19(14-10-17-12(8-16)9-18-14)7-6-11-4-2-3-5-13(11)15(20)21/h2-5,9-10H,6-7H2,1H3,(H,20,21). The Morgan fingerprint density at radius 2 is 2.10 bits per heavy atom. The van der Waals surface area contributed by atoms with E-state index in [2.05, 4.69) is 9.97 Å². The molecule has 1 aromatic heterocycles. The fourth-order valence-corrected chi connectivity index (χ4v) is 1.93. The number of aromatic carboxylic acids is 1. The monoisotopic (exact) mass is 282 g/mol. The Morgan fingerprint density at radius 3 is 2.71 bits per heavy atom. The first-order chi connectivity index (χ1) is 10.1. The van der Waals surface area contributed by atoms with Gasteiger partial charge in [0.1, 0.15) is 11.9 Å². The molecule has 2 aromatic rings. The maximum atomic E-state index is 11.1. The van der Waals surface area contributed by atoms with E-state index in [-0.39, 0.29) is 5.69 Å². The van der Waals surface area contributed by atoms with Gasteiger partial charge in [0.15, 0.2) is 5.69 Å². The van der Waals surface area contributed by atoms with Crippen LogP contribution in [0.4, 0.5) is 5.82 Å². The lowest BCUT2D eigenvalue weighted by atomic mass is 10.0. The molecule has 0 bridgehead atoms. The van der Waals surface area contributed by atoms with Crippen LogP contribution >= 0.6 is 0 Å². The maximum absolute atomic E-state index is 11.1. The van der Waals surface area contributed by atoms with Crippen molar-refractivity contribution >= 4 is 11.8 Å². The van der Waals surface area contributed by atoms with Crippen LogP contribution in [0.15, 0.2) is 36.7 Å². The van der Waals surface area contributed by atoms with E-state index in [4.69, 9.17) is 10.4 Å². The Labute approximate surface area is 122 Å². The molecule has 1 heterocycles. The van der Waals surface area contributed by atoms with Crippen molar-refractivity contribution in [1.82, 2.24) is 9.97 Å². The molecular formula is C15H14N4O2. The highest BCUT2D eigenvalue weighted by Crippen LogP contribution is 2.12. The number of likely N-dealkylation sites (N-methyl/N-ethyl adjacent to an activating group) is 1. The summed E-state index contributed by atoms with van der Waals surface area (Å²) < 4.78 is 0. The number of hydrogen-bond acceptors (Lipinski definition) is 5. The van der Waals surface area contributed by atoms with Crippen molar-refractivity contribution in [3.8, 4) is 6.07 Å². The van der Waals surface area contributed by atoms with Crippen molar-refractivity contribution < 1.29 is 9.90 Å². The first-order valence-corrected chi connectivity index (χ1v) is 6.36. The number of aromatic nitrogens is 2. The molecular weight excluding hydrogens is 268 g/mol. The van der Waals surface area contributed by atoms with Crippen LogP contribution in [0.2, 0.25) is 0 Å². The molecule has 0 spiro atoms. The summed E-state index contributed by atoms with van der Waals surface area (Å²) in [5.74, 6) is -0.284. The molecule has 0 saturated heterocycles. The fourth-order valence-electron chi connectivity index (χ4n) is 1.93. The van der Waals surface area contributed by atoms with Crippen molar-refractivity contribution in [2.75, 3.05) is 18.5 Å². The highest BCUT2D eigenvalue weighted by molar-refractivity contribution is 5.89. The van der Waals surface area contributed by atoms with E-state index >= 15 is 0 Å². The Hall–Kier alpha value is -2.94. The van der Waals surface area contributed by atoms with Crippen molar-refractivity contribution in [3.05, 3.63) is 53.5 Å². The molecule has 1 N–H and O–H groups in total. The molecule has 0 amide bonds. The lowest BCUT2D eigenvalue weighted by molar-refractivity contribution is 0.0695. The van der Waals surface area contributed by atoms with Crippen LogP contribution in [0.5, 0.6) is 0 Å². The predicted molar refractivity (Wildman–Crippen MR) is 77.1 cm³/mol. The van der Waals surface area contributed by atoms with Crippen LogP contribution in [0, 0.1) is 11.3 Å². The van der Waals surface area contributed by atoms with Gasteiger partial charge in [0.25, 0.3) is 0 Å². The van der Waals surface area contributed by atoms with E-state index in [1.54, 1.807) is 12.1 Å². The first kappa shape index (κ1) is 14.5. The second kappa shape index (κ2) is 6.48. The summed E-state index contributed by atoms with van der Waals surface area (Å²) in [6, 6.07) is 8.85. The van der Waals surface area contributed by atoms with Crippen LogP contribution < -0.4 is 4.90 Å². The number of benzene rings is 1. The van der Waals surface area contributed by atoms with Gasteiger partial charge in [-0.3, -0.25) is 0 Å². The molecule has 21 heavy (non-hydrogen) atoms. The number of carboxylic acids is 1. The summed E-state index contributed by atoms with van der Waals surface area (Å²) in [4.78, 5) is 21.1. The van der Waals surface area contributed by atoms with Crippen LogP contribution in [0.1, 0.15) is 21.6 Å². The summed E-state index contributed by atoms with van der Waals surface area (Å²) in [6.07, 6.45) is 3.53. The van der Waals surface area contributed by atoms with Crippen molar-refractivity contribution in [2.24, 2.45) is 0 Å². The molecule has 0 fully saturated rings. The zero-order chi connectivity index (χ0) is 15.2. The van der Waals surface area contributed by atoms with Crippen molar-refractivity contribution in [3.63, 3.8) is 0 Å². The number of nitriles is 1. The van der Waals surface area contributed by atoms with Gasteiger partial charge in [0.05, 0.1) is 18.0 Å². The third-order valence-corrected chi connectivity index (χ3v) is 3.11. The summed E-state index contributed by atoms with van der Waals surface area (Å²) >= 11 is 0. The molecule has 0 aliphatic carbocycles. The predicted octanol–water partition coefficient (Wildman–Crippen LogP) is 1.73. The number of hydrogen-bond donors (Lipinski definition) is 1. The molecule has 6 heteroatoms. The van der Waals surface area contributed by atoms with Gasteiger partial charge < -0.3 is 10.0 Å². The number of rotatable bonds is 5. The van der Waals surface area contributed by atoms with E-state index in [1.807, 2.05) is 30.1 Å². The Morgan fingerprint density at radius 1 is 1.33 bits per heavy atom. The Kier molecular flexibility index (Phi) is 4.46. The van der Waals surface area contributed by atoms with Gasteiger partial charge in [0, 0.05) is 13.6 Å². The normalized spacial score (nSPS) is 9.90. The first-order valence-electron chi connectivity index (χ1n) is 6.36. The molecule has 0 aliphatic heterocycles. The topological polar surface area (TPSA) is 90.1 Å². The summed E-state index contributed by atoms with van der Waals surface area (Å²) in [6.45, 7) is 0.602. The van der Waals surface area contributed by atoms with Crippen LogP contribution in [0.3, 0.4) is 0 Å². The number of anilines is 1. The number of carbonyl (C=O) groups is 1. The quantitative estimate of drug-likeness (QED) is 0.898. The van der Waals surface area contributed by atoms with Crippen LogP contribution in [-0.4, -0.2) is 34.6 Å². The number of carboxylic acid groups (broad SMARTS) is 1. The van der Waals surface area contributed by atoms with Crippen LogP contribution in [0.25, 0.3) is 0 Å². The zero-order valence-electron chi connectivity index (χ0n) is 11.5. The highest BCUT2D eigenvalue weighted by atomic mass is 16.4. The van der Waals surface area contributed by atoms with Gasteiger partial charge in [-0.2, -0.15) is 5.26 Å². The van der Waals surface area contributed by atoms with Gasteiger partial charge in [0.2, 0.25) is 0 Å². The Balaban J connectivity index is 2.05. The van der Waals surface area contributed by atoms with Crippen LogP contribution in [-0.2, 0) is 6.42 Å². The SMILES string of the molecule is CN(CCc1ccccc1C(=O)O)c1cnc(C#N)cn1. The number of nitrogens with zero attached hydrogens (tertiary/aromatic N) is 4. The lowest BCUT2D eigenvalue weighted by Crippen LogP contribution is -2.22. The molecule has 2 rings (SSSR count). The summed E-state index contributed by atoms with van der Waals surface area (Å²) in [5, 5.41) is 17.8. The second-order valence-corrected chi connectivity index (χ2v) is 4.51. The van der Waals surface area contributed by atoms with E-state index in [0.29, 0.717) is 24.3 Å². The minimum absolute atomic E-state index is 0.267. The molecule has 0 atom stereocenters. The molecule has 0 aliphatic rings. The minimum atomic E-state index is -0.925. The zero-order valence-corrected chi connectivity index (χ0v) is 11.5. The molecule has 0 unspecified atom stereocenters. The highest BCUT2D eigenvalue weighted by Gasteiger charge is 2.10. The molecule has 0 saturated carbocycles. The Bertz CT molecular complexity index is 677. The largest absolute Gasteiger partial charge is 0.478 e. The third-order valence-electron chi connectivity index (χ3n) is 3.11. The average molecular weight is 282 g/mol. The average Bonchev–Trinajstić information content (AvgIpc) is 2.52. The van der Waals surface area contributed by atoms with E-state index in [1.165, 1.54) is 12.4 Å². The molecule has 0 radical (unpaired) electrons. The molecule has 1 aromatic carbocycles. The molecule has 6 nitrogen and oxygen atoms in total. The molecule has 106 valence electrons. The van der Waals surface area contributed by atoms with Crippen molar-refractivity contribution in [2.45, 2.75) is 6.42 Å². The van der Waals surface area contributed by atoms with E-state index in [0.717, 1.165) is 5.56 Å². The maximum Gasteiger partial charge on any atom is 0.335 e. The lowest BCUT2D eigenvalue weighted by Gasteiger charge is -2.18. The van der Waals surface area contributed by atoms with Gasteiger partial charge in [-0.05, 0) is 18.1 Å².